The normalized spacial score (nSPS) is 10.2. The van der Waals surface area contributed by atoms with E-state index in [1.807, 2.05) is 0 Å². The SMILES string of the molecule is CCOC(=O)c1c(C)noc1NC(=O)c1cccc(Br)c1. The first-order valence-electron chi connectivity index (χ1n) is 6.23. The Bertz CT molecular complexity index is 681. The van der Waals surface area contributed by atoms with Crippen LogP contribution in [0.5, 0.6) is 0 Å². The molecule has 0 unspecified atom stereocenters. The van der Waals surface area contributed by atoms with Crippen LogP contribution in [0.15, 0.2) is 33.3 Å². The number of rotatable bonds is 4. The molecule has 0 saturated heterocycles. The zero-order chi connectivity index (χ0) is 15.4. The zero-order valence-corrected chi connectivity index (χ0v) is 13.1. The van der Waals surface area contributed by atoms with E-state index in [1.165, 1.54) is 0 Å². The number of halogens is 1. The van der Waals surface area contributed by atoms with Gasteiger partial charge in [-0.15, -0.1) is 0 Å². The Morgan fingerprint density at radius 2 is 2.19 bits per heavy atom. The molecule has 110 valence electrons. The van der Waals surface area contributed by atoms with Crippen molar-refractivity contribution in [2.24, 2.45) is 0 Å². The first-order chi connectivity index (χ1) is 10.0. The van der Waals surface area contributed by atoms with Gasteiger partial charge in [0.1, 0.15) is 5.56 Å². The lowest BCUT2D eigenvalue weighted by molar-refractivity contribution is 0.0526. The van der Waals surface area contributed by atoms with Crippen molar-refractivity contribution in [2.45, 2.75) is 13.8 Å². The predicted molar refractivity (Wildman–Crippen MR) is 79.3 cm³/mol. The first-order valence-corrected chi connectivity index (χ1v) is 7.02. The Labute approximate surface area is 129 Å². The monoisotopic (exact) mass is 352 g/mol. The number of hydrogen-bond acceptors (Lipinski definition) is 5. The summed E-state index contributed by atoms with van der Waals surface area (Å²) < 4.78 is 10.7. The molecule has 1 aromatic heterocycles. The number of ether oxygens (including phenoxy) is 1. The molecule has 0 fully saturated rings. The summed E-state index contributed by atoms with van der Waals surface area (Å²) >= 11 is 3.29. The van der Waals surface area contributed by atoms with Gasteiger partial charge in [-0.2, -0.15) is 0 Å². The van der Waals surface area contributed by atoms with Crippen molar-refractivity contribution < 1.29 is 18.8 Å². The van der Waals surface area contributed by atoms with E-state index < -0.39 is 11.9 Å². The van der Waals surface area contributed by atoms with Crippen LogP contribution in [0.25, 0.3) is 0 Å². The minimum Gasteiger partial charge on any atom is -0.462 e. The van der Waals surface area contributed by atoms with Gasteiger partial charge < -0.3 is 9.26 Å². The van der Waals surface area contributed by atoms with E-state index in [2.05, 4.69) is 26.4 Å². The van der Waals surface area contributed by atoms with Crippen molar-refractivity contribution in [3.63, 3.8) is 0 Å². The molecule has 0 aliphatic heterocycles. The molecule has 1 aromatic carbocycles. The van der Waals surface area contributed by atoms with Crippen LogP contribution in [-0.4, -0.2) is 23.6 Å². The molecular formula is C14H13BrN2O4. The minimum absolute atomic E-state index is 0.0177. The van der Waals surface area contributed by atoms with Crippen molar-refractivity contribution in [3.8, 4) is 0 Å². The number of anilines is 1. The van der Waals surface area contributed by atoms with Crippen LogP contribution in [0.4, 0.5) is 5.88 Å². The smallest absolute Gasteiger partial charge is 0.345 e. The molecule has 2 aromatic rings. The Morgan fingerprint density at radius 3 is 2.86 bits per heavy atom. The molecule has 6 nitrogen and oxygen atoms in total. The van der Waals surface area contributed by atoms with Gasteiger partial charge in [-0.1, -0.05) is 27.2 Å². The fraction of sp³-hybridized carbons (Fsp3) is 0.214. The molecule has 0 bridgehead atoms. The van der Waals surface area contributed by atoms with Gasteiger partial charge in [-0.05, 0) is 32.0 Å². The maximum atomic E-state index is 12.1. The summed E-state index contributed by atoms with van der Waals surface area (Å²) in [6.07, 6.45) is 0. The summed E-state index contributed by atoms with van der Waals surface area (Å²) in [6, 6.07) is 6.84. The van der Waals surface area contributed by atoms with Gasteiger partial charge >= 0.3 is 5.97 Å². The summed E-state index contributed by atoms with van der Waals surface area (Å²) in [5, 5.41) is 6.21. The van der Waals surface area contributed by atoms with Crippen LogP contribution in [-0.2, 0) is 4.74 Å². The second-order valence-corrected chi connectivity index (χ2v) is 5.07. The summed E-state index contributed by atoms with van der Waals surface area (Å²) in [5.41, 5.74) is 0.909. The third-order valence-electron chi connectivity index (χ3n) is 2.66. The maximum Gasteiger partial charge on any atom is 0.345 e. The Kier molecular flexibility index (Phi) is 4.74. The highest BCUT2D eigenvalue weighted by molar-refractivity contribution is 9.10. The number of nitrogens with zero attached hydrogens (tertiary/aromatic N) is 1. The zero-order valence-electron chi connectivity index (χ0n) is 11.5. The number of amides is 1. The molecule has 0 atom stereocenters. The highest BCUT2D eigenvalue weighted by Gasteiger charge is 2.23. The van der Waals surface area contributed by atoms with E-state index in [0.717, 1.165) is 4.47 Å². The lowest BCUT2D eigenvalue weighted by atomic mass is 10.2. The molecule has 0 aliphatic carbocycles. The summed E-state index contributed by atoms with van der Waals surface area (Å²) in [4.78, 5) is 24.0. The van der Waals surface area contributed by atoms with Crippen LogP contribution in [0.3, 0.4) is 0 Å². The number of esters is 1. The van der Waals surface area contributed by atoms with Gasteiger partial charge in [0, 0.05) is 10.0 Å². The first kappa shape index (κ1) is 15.2. The summed E-state index contributed by atoms with van der Waals surface area (Å²) in [5.74, 6) is -1.00. The molecule has 0 radical (unpaired) electrons. The van der Waals surface area contributed by atoms with Gasteiger partial charge in [0.2, 0.25) is 5.88 Å². The van der Waals surface area contributed by atoms with Crippen molar-refractivity contribution in [1.29, 1.82) is 0 Å². The molecule has 1 N–H and O–H groups in total. The molecule has 0 saturated carbocycles. The molecule has 1 heterocycles. The van der Waals surface area contributed by atoms with Gasteiger partial charge in [0.05, 0.1) is 12.3 Å². The number of carbonyl (C=O) groups is 2. The van der Waals surface area contributed by atoms with E-state index in [4.69, 9.17) is 9.26 Å². The third-order valence-corrected chi connectivity index (χ3v) is 3.15. The number of aryl methyl sites for hydroxylation is 1. The average molecular weight is 353 g/mol. The second kappa shape index (κ2) is 6.53. The fourth-order valence-corrected chi connectivity index (χ4v) is 2.10. The van der Waals surface area contributed by atoms with Crippen LogP contribution in [0.1, 0.15) is 33.3 Å². The third kappa shape index (κ3) is 3.49. The Hall–Kier alpha value is -2.15. The lowest BCUT2D eigenvalue weighted by Gasteiger charge is -2.05. The molecule has 21 heavy (non-hydrogen) atoms. The van der Waals surface area contributed by atoms with E-state index in [-0.39, 0.29) is 18.1 Å². The lowest BCUT2D eigenvalue weighted by Crippen LogP contribution is -2.15. The molecule has 7 heteroatoms. The number of carbonyl (C=O) groups excluding carboxylic acids is 2. The van der Waals surface area contributed by atoms with Crippen molar-refractivity contribution >= 4 is 33.7 Å². The van der Waals surface area contributed by atoms with Crippen molar-refractivity contribution in [3.05, 3.63) is 45.6 Å². The highest BCUT2D eigenvalue weighted by atomic mass is 79.9. The number of nitrogens with one attached hydrogen (secondary N) is 1. The van der Waals surface area contributed by atoms with E-state index in [0.29, 0.717) is 11.3 Å². The van der Waals surface area contributed by atoms with Crippen LogP contribution in [0, 0.1) is 6.92 Å². The molecule has 1 amide bonds. The van der Waals surface area contributed by atoms with Crippen molar-refractivity contribution in [1.82, 2.24) is 5.16 Å². The quantitative estimate of drug-likeness (QED) is 0.854. The second-order valence-electron chi connectivity index (χ2n) is 4.16. The van der Waals surface area contributed by atoms with E-state index >= 15 is 0 Å². The minimum atomic E-state index is -0.583. The van der Waals surface area contributed by atoms with E-state index in [9.17, 15) is 9.59 Å². The van der Waals surface area contributed by atoms with Crippen LogP contribution < -0.4 is 5.32 Å². The Morgan fingerprint density at radius 1 is 1.43 bits per heavy atom. The molecule has 2 rings (SSSR count). The van der Waals surface area contributed by atoms with Crippen LogP contribution in [0.2, 0.25) is 0 Å². The summed E-state index contributed by atoms with van der Waals surface area (Å²) in [7, 11) is 0. The van der Waals surface area contributed by atoms with Crippen LogP contribution >= 0.6 is 15.9 Å². The largest absolute Gasteiger partial charge is 0.462 e. The number of aromatic nitrogens is 1. The average Bonchev–Trinajstić information content (AvgIpc) is 2.80. The predicted octanol–water partition coefficient (Wildman–Crippen LogP) is 3.17. The van der Waals surface area contributed by atoms with Gasteiger partial charge in [0.25, 0.3) is 5.91 Å². The Balaban J connectivity index is 2.24. The number of benzene rings is 1. The maximum absolute atomic E-state index is 12.1. The fourth-order valence-electron chi connectivity index (χ4n) is 1.70. The highest BCUT2D eigenvalue weighted by Crippen LogP contribution is 2.21. The van der Waals surface area contributed by atoms with Gasteiger partial charge in [0.15, 0.2) is 0 Å². The van der Waals surface area contributed by atoms with Gasteiger partial charge in [-0.25, -0.2) is 4.79 Å². The topological polar surface area (TPSA) is 81.4 Å². The molecular weight excluding hydrogens is 340 g/mol. The summed E-state index contributed by atoms with van der Waals surface area (Å²) in [6.45, 7) is 3.52. The number of hydrogen-bond donors (Lipinski definition) is 1. The standard InChI is InChI=1S/C14H13BrN2O4/c1-3-20-14(19)11-8(2)17-21-13(11)16-12(18)9-5-4-6-10(15)7-9/h4-7H,3H2,1-2H3,(H,16,18). The molecule has 0 spiro atoms. The molecule has 0 aliphatic rings. The van der Waals surface area contributed by atoms with Crippen molar-refractivity contribution in [2.75, 3.05) is 11.9 Å². The van der Waals surface area contributed by atoms with E-state index in [1.54, 1.807) is 38.1 Å². The van der Waals surface area contributed by atoms with Gasteiger partial charge in [-0.3, -0.25) is 10.1 Å².